The van der Waals surface area contributed by atoms with Crippen LogP contribution in [0.15, 0.2) is 24.3 Å². The van der Waals surface area contributed by atoms with Crippen molar-refractivity contribution in [2.75, 3.05) is 33.5 Å². The lowest BCUT2D eigenvalue weighted by Gasteiger charge is -2.06. The highest BCUT2D eigenvalue weighted by Gasteiger charge is 2.08. The number of nitro groups is 1. The van der Waals surface area contributed by atoms with Crippen LogP contribution in [0, 0.1) is 10.1 Å². The molecular formula is C13H17NO6. The van der Waals surface area contributed by atoms with E-state index in [0.717, 1.165) is 0 Å². The Balaban J connectivity index is 2.23. The molecule has 7 heteroatoms. The van der Waals surface area contributed by atoms with Crippen molar-refractivity contribution in [2.45, 2.75) is 6.42 Å². The number of hydrogen-bond donors (Lipinski definition) is 0. The third kappa shape index (κ3) is 6.26. The predicted octanol–water partition coefficient (Wildman–Crippen LogP) is 1.34. The molecule has 7 nitrogen and oxygen atoms in total. The third-order valence-electron chi connectivity index (χ3n) is 2.42. The van der Waals surface area contributed by atoms with E-state index in [2.05, 4.69) is 0 Å². The second-order valence-electron chi connectivity index (χ2n) is 3.93. The van der Waals surface area contributed by atoms with E-state index in [1.165, 1.54) is 24.3 Å². The molecule has 0 unspecified atom stereocenters. The van der Waals surface area contributed by atoms with E-state index in [1.54, 1.807) is 7.11 Å². The summed E-state index contributed by atoms with van der Waals surface area (Å²) >= 11 is 0. The molecule has 0 aliphatic rings. The highest BCUT2D eigenvalue weighted by atomic mass is 16.6. The number of hydrogen-bond acceptors (Lipinski definition) is 6. The Morgan fingerprint density at radius 1 is 1.15 bits per heavy atom. The van der Waals surface area contributed by atoms with Gasteiger partial charge < -0.3 is 14.2 Å². The summed E-state index contributed by atoms with van der Waals surface area (Å²) < 4.78 is 14.9. The van der Waals surface area contributed by atoms with E-state index in [0.29, 0.717) is 25.4 Å². The van der Waals surface area contributed by atoms with Crippen molar-refractivity contribution < 1.29 is 23.9 Å². The quantitative estimate of drug-likeness (QED) is 0.294. The van der Waals surface area contributed by atoms with Crippen molar-refractivity contribution in [3.63, 3.8) is 0 Å². The van der Waals surface area contributed by atoms with Crippen LogP contribution in [0.25, 0.3) is 0 Å². The summed E-state index contributed by atoms with van der Waals surface area (Å²) in [6.45, 7) is 1.44. The lowest BCUT2D eigenvalue weighted by atomic mass is 10.1. The molecule has 1 rings (SSSR count). The van der Waals surface area contributed by atoms with E-state index < -0.39 is 10.9 Å². The van der Waals surface area contributed by atoms with Crippen molar-refractivity contribution in [3.05, 3.63) is 39.9 Å². The number of ether oxygens (including phenoxy) is 3. The largest absolute Gasteiger partial charge is 0.463 e. The molecule has 0 heterocycles. The van der Waals surface area contributed by atoms with Gasteiger partial charge in [0.05, 0.1) is 31.2 Å². The minimum atomic E-state index is -0.487. The van der Waals surface area contributed by atoms with Crippen LogP contribution in [0.2, 0.25) is 0 Å². The van der Waals surface area contributed by atoms with Crippen LogP contribution >= 0.6 is 0 Å². The van der Waals surface area contributed by atoms with Gasteiger partial charge in [0.1, 0.15) is 6.61 Å². The number of nitrogens with zero attached hydrogens (tertiary/aromatic N) is 1. The Morgan fingerprint density at radius 2 is 1.80 bits per heavy atom. The first-order valence-corrected chi connectivity index (χ1v) is 6.09. The van der Waals surface area contributed by atoms with E-state index >= 15 is 0 Å². The van der Waals surface area contributed by atoms with Crippen molar-refractivity contribution in [3.8, 4) is 0 Å². The standard InChI is InChI=1S/C13H17NO6/c1-18-6-7-19-8-9-20-13(15)10-11-2-4-12(5-3-11)14(16)17/h2-5H,6-10H2,1H3. The number of rotatable bonds is 9. The van der Waals surface area contributed by atoms with Crippen molar-refractivity contribution in [1.82, 2.24) is 0 Å². The van der Waals surface area contributed by atoms with Gasteiger partial charge in [-0.05, 0) is 5.56 Å². The van der Waals surface area contributed by atoms with Crippen LogP contribution in [-0.4, -0.2) is 44.4 Å². The first-order valence-electron chi connectivity index (χ1n) is 6.09. The Hall–Kier alpha value is -1.99. The first kappa shape index (κ1) is 16.1. The molecule has 0 saturated heterocycles. The van der Waals surface area contributed by atoms with Crippen molar-refractivity contribution in [2.24, 2.45) is 0 Å². The molecule has 0 aromatic heterocycles. The van der Waals surface area contributed by atoms with E-state index in [9.17, 15) is 14.9 Å². The average Bonchev–Trinajstić information content (AvgIpc) is 2.43. The number of methoxy groups -OCH3 is 1. The van der Waals surface area contributed by atoms with Gasteiger partial charge in [0.2, 0.25) is 0 Å². The molecule has 0 fully saturated rings. The van der Waals surface area contributed by atoms with Crippen LogP contribution < -0.4 is 0 Å². The molecule has 0 spiro atoms. The number of nitro benzene ring substituents is 1. The Labute approximate surface area is 116 Å². The van der Waals surface area contributed by atoms with Gasteiger partial charge in [-0.2, -0.15) is 0 Å². The van der Waals surface area contributed by atoms with Gasteiger partial charge in [-0.1, -0.05) is 12.1 Å². The molecule has 1 aromatic rings. The van der Waals surface area contributed by atoms with Crippen LogP contribution in [0.3, 0.4) is 0 Å². The summed E-state index contributed by atoms with van der Waals surface area (Å²) in [6.07, 6.45) is 0.0794. The van der Waals surface area contributed by atoms with Crippen molar-refractivity contribution >= 4 is 11.7 Å². The first-order chi connectivity index (χ1) is 9.63. The van der Waals surface area contributed by atoms with Crippen LogP contribution in [-0.2, 0) is 25.4 Å². The predicted molar refractivity (Wildman–Crippen MR) is 70.5 cm³/mol. The molecule has 110 valence electrons. The van der Waals surface area contributed by atoms with Crippen LogP contribution in [0.5, 0.6) is 0 Å². The fourth-order valence-electron chi connectivity index (χ4n) is 1.41. The second-order valence-corrected chi connectivity index (χ2v) is 3.93. The molecule has 0 radical (unpaired) electrons. The van der Waals surface area contributed by atoms with E-state index in [4.69, 9.17) is 14.2 Å². The Bertz CT molecular complexity index is 431. The summed E-state index contributed by atoms with van der Waals surface area (Å²) in [7, 11) is 1.58. The molecule has 0 atom stereocenters. The molecule has 1 aromatic carbocycles. The lowest BCUT2D eigenvalue weighted by molar-refractivity contribution is -0.384. The maximum absolute atomic E-state index is 11.5. The minimum Gasteiger partial charge on any atom is -0.463 e. The highest BCUT2D eigenvalue weighted by Crippen LogP contribution is 2.12. The molecule has 0 N–H and O–H groups in total. The zero-order chi connectivity index (χ0) is 14.8. The molecule has 0 amide bonds. The maximum Gasteiger partial charge on any atom is 0.310 e. The molecule has 0 aliphatic carbocycles. The smallest absolute Gasteiger partial charge is 0.310 e. The highest BCUT2D eigenvalue weighted by molar-refractivity contribution is 5.72. The molecule has 20 heavy (non-hydrogen) atoms. The van der Waals surface area contributed by atoms with Gasteiger partial charge in [-0.25, -0.2) is 0 Å². The molecule has 0 aliphatic heterocycles. The zero-order valence-electron chi connectivity index (χ0n) is 11.2. The summed E-state index contributed by atoms with van der Waals surface area (Å²) in [6, 6.07) is 5.79. The Kier molecular flexibility index (Phi) is 7.23. The minimum absolute atomic E-state index is 0.00587. The summed E-state index contributed by atoms with van der Waals surface area (Å²) in [5.41, 5.74) is 0.662. The Morgan fingerprint density at radius 3 is 2.40 bits per heavy atom. The number of non-ortho nitro benzene ring substituents is 1. The van der Waals surface area contributed by atoms with E-state index in [-0.39, 0.29) is 18.7 Å². The molecule has 0 saturated carbocycles. The fraction of sp³-hybridized carbons (Fsp3) is 0.462. The second kappa shape index (κ2) is 9.00. The average molecular weight is 283 g/mol. The number of carbonyl (C=O) groups is 1. The third-order valence-corrected chi connectivity index (χ3v) is 2.42. The summed E-state index contributed by atoms with van der Waals surface area (Å²) in [5, 5.41) is 10.5. The SMILES string of the molecule is COCCOCCOC(=O)Cc1ccc([N+](=O)[O-])cc1. The topological polar surface area (TPSA) is 87.9 Å². The van der Waals surface area contributed by atoms with Gasteiger partial charge in [-0.3, -0.25) is 14.9 Å². The molecule has 0 bridgehead atoms. The van der Waals surface area contributed by atoms with Gasteiger partial charge in [-0.15, -0.1) is 0 Å². The van der Waals surface area contributed by atoms with Gasteiger partial charge in [0.15, 0.2) is 0 Å². The van der Waals surface area contributed by atoms with Crippen LogP contribution in [0.4, 0.5) is 5.69 Å². The lowest BCUT2D eigenvalue weighted by Crippen LogP contribution is -2.14. The van der Waals surface area contributed by atoms with Crippen LogP contribution in [0.1, 0.15) is 5.56 Å². The van der Waals surface area contributed by atoms with Gasteiger partial charge in [0, 0.05) is 19.2 Å². The zero-order valence-corrected chi connectivity index (χ0v) is 11.2. The van der Waals surface area contributed by atoms with Gasteiger partial charge >= 0.3 is 5.97 Å². The number of benzene rings is 1. The number of esters is 1. The normalized spacial score (nSPS) is 10.2. The summed E-state index contributed by atoms with van der Waals surface area (Å²) in [4.78, 5) is 21.5. The molecular weight excluding hydrogens is 266 g/mol. The van der Waals surface area contributed by atoms with Gasteiger partial charge in [0.25, 0.3) is 5.69 Å². The van der Waals surface area contributed by atoms with Crippen molar-refractivity contribution in [1.29, 1.82) is 0 Å². The maximum atomic E-state index is 11.5. The van der Waals surface area contributed by atoms with E-state index in [1.807, 2.05) is 0 Å². The summed E-state index contributed by atoms with van der Waals surface area (Å²) in [5.74, 6) is -0.394. The monoisotopic (exact) mass is 283 g/mol. The fourth-order valence-corrected chi connectivity index (χ4v) is 1.41. The number of carbonyl (C=O) groups excluding carboxylic acids is 1.